The van der Waals surface area contributed by atoms with Crippen molar-refractivity contribution in [1.82, 2.24) is 14.9 Å². The first-order valence-corrected chi connectivity index (χ1v) is 10.2. The highest BCUT2D eigenvalue weighted by atomic mass is 32.2. The van der Waals surface area contributed by atoms with Gasteiger partial charge in [-0.15, -0.1) is 11.3 Å². The fourth-order valence-corrected chi connectivity index (χ4v) is 5.62. The van der Waals surface area contributed by atoms with Crippen LogP contribution in [0.3, 0.4) is 0 Å². The molecule has 0 saturated carbocycles. The monoisotopic (exact) mass is 364 g/mol. The van der Waals surface area contributed by atoms with Gasteiger partial charge in [0.2, 0.25) is 5.91 Å². The van der Waals surface area contributed by atoms with E-state index in [1.807, 2.05) is 4.90 Å². The predicted molar refractivity (Wildman–Crippen MR) is 97.5 cm³/mol. The molecule has 4 rings (SSSR count). The Morgan fingerprint density at radius 2 is 2.17 bits per heavy atom. The molecule has 1 unspecified atom stereocenters. The first-order chi connectivity index (χ1) is 11.6. The van der Waals surface area contributed by atoms with Crippen molar-refractivity contribution in [3.05, 3.63) is 10.4 Å². The van der Waals surface area contributed by atoms with Crippen molar-refractivity contribution in [2.24, 2.45) is 0 Å². The van der Waals surface area contributed by atoms with Crippen molar-refractivity contribution >= 4 is 45.0 Å². The lowest BCUT2D eigenvalue weighted by Gasteiger charge is -2.19. The molecule has 0 radical (unpaired) electrons. The summed E-state index contributed by atoms with van der Waals surface area (Å²) in [6.07, 6.45) is 3.26. The smallest absolute Gasteiger partial charge is 0.233 e. The Morgan fingerprint density at radius 3 is 2.96 bits per heavy atom. The Bertz CT molecular complexity index is 784. The van der Waals surface area contributed by atoms with Crippen molar-refractivity contribution in [2.75, 3.05) is 38.2 Å². The normalized spacial score (nSPS) is 20.5. The molecule has 0 aliphatic carbocycles. The Labute approximate surface area is 149 Å². The molecule has 1 fully saturated rings. The third-order valence-electron chi connectivity index (χ3n) is 4.79. The number of carbonyl (C=O) groups excluding carboxylic acids is 1. The fourth-order valence-electron chi connectivity index (χ4n) is 3.47. The molecule has 2 aliphatic heterocycles. The zero-order chi connectivity index (χ0) is 16.7. The second-order valence-electron chi connectivity index (χ2n) is 6.59. The number of thioether (sulfide) groups is 1. The predicted octanol–water partition coefficient (Wildman–Crippen LogP) is 0.559. The van der Waals surface area contributed by atoms with Gasteiger partial charge in [0.15, 0.2) is 5.16 Å². The first-order valence-electron chi connectivity index (χ1n) is 8.41. The zero-order valence-corrected chi connectivity index (χ0v) is 15.4. The van der Waals surface area contributed by atoms with Crippen LogP contribution in [0.25, 0.3) is 10.2 Å². The van der Waals surface area contributed by atoms with Gasteiger partial charge in [0.25, 0.3) is 0 Å². The number of nitrogens with two attached hydrogens (primary N) is 1. The molecule has 128 valence electrons. The second kappa shape index (κ2) is 6.50. The van der Waals surface area contributed by atoms with E-state index in [0.29, 0.717) is 16.7 Å². The number of rotatable bonds is 3. The van der Waals surface area contributed by atoms with Crippen LogP contribution in [0.5, 0.6) is 0 Å². The molecule has 8 heteroatoms. The number of aromatic nitrogens is 2. The quantitative estimate of drug-likeness (QED) is 0.615. The number of nitrogen functional groups attached to an aromatic ring is 1. The van der Waals surface area contributed by atoms with Gasteiger partial charge in [0.1, 0.15) is 17.2 Å². The molecular weight excluding hydrogens is 342 g/mol. The summed E-state index contributed by atoms with van der Waals surface area (Å²) in [4.78, 5) is 27.1. The van der Waals surface area contributed by atoms with Gasteiger partial charge < -0.3 is 15.5 Å². The first kappa shape index (κ1) is 16.1. The number of likely N-dealkylation sites (N-methyl/N-ethyl adjacent to an activating group) is 1. The van der Waals surface area contributed by atoms with Gasteiger partial charge in [-0.3, -0.25) is 4.79 Å². The van der Waals surface area contributed by atoms with Crippen LogP contribution in [0.2, 0.25) is 0 Å². The van der Waals surface area contributed by atoms with Crippen LogP contribution in [0.15, 0.2) is 5.16 Å². The Balaban J connectivity index is 1.55. The standard InChI is InChI=1S/C16H21N5OS2/c1-20-7-4-10-11(8-20)24-15-13(10)14(17)18-16(19-15)23-9-12(22)21-5-2-3-6-21/h2-9H2,1H3,(H2,17,18,19)/p+1. The summed E-state index contributed by atoms with van der Waals surface area (Å²) in [6, 6.07) is 0. The van der Waals surface area contributed by atoms with Crippen LogP contribution in [0, 0.1) is 0 Å². The Morgan fingerprint density at radius 1 is 1.38 bits per heavy atom. The lowest BCUT2D eigenvalue weighted by molar-refractivity contribution is -0.895. The summed E-state index contributed by atoms with van der Waals surface area (Å²) in [6.45, 7) is 3.93. The molecule has 24 heavy (non-hydrogen) atoms. The summed E-state index contributed by atoms with van der Waals surface area (Å²) in [5.74, 6) is 1.13. The SMILES string of the molecule is C[NH+]1CCc2c(sc3nc(SCC(=O)N4CCCC4)nc(N)c23)C1. The van der Waals surface area contributed by atoms with Crippen LogP contribution in [-0.2, 0) is 17.8 Å². The number of nitrogens with zero attached hydrogens (tertiary/aromatic N) is 3. The molecule has 1 atom stereocenters. The van der Waals surface area contributed by atoms with Crippen LogP contribution < -0.4 is 10.6 Å². The molecule has 1 amide bonds. The van der Waals surface area contributed by atoms with Gasteiger partial charge in [0.05, 0.1) is 29.6 Å². The summed E-state index contributed by atoms with van der Waals surface area (Å²) in [5, 5.41) is 1.66. The number of thiophene rings is 1. The number of likely N-dealkylation sites (tertiary alicyclic amines) is 1. The molecular formula is C16H22N5OS2+. The van der Waals surface area contributed by atoms with Crippen LogP contribution in [0.4, 0.5) is 5.82 Å². The zero-order valence-electron chi connectivity index (χ0n) is 13.8. The van der Waals surface area contributed by atoms with Gasteiger partial charge in [0, 0.05) is 19.5 Å². The minimum absolute atomic E-state index is 0.176. The number of amides is 1. The number of hydrogen-bond acceptors (Lipinski definition) is 6. The average molecular weight is 365 g/mol. The van der Waals surface area contributed by atoms with Gasteiger partial charge in [-0.25, -0.2) is 9.97 Å². The number of carbonyl (C=O) groups is 1. The summed E-state index contributed by atoms with van der Waals surface area (Å²) >= 11 is 3.13. The lowest BCUT2D eigenvalue weighted by atomic mass is 10.1. The van der Waals surface area contributed by atoms with Gasteiger partial charge in [-0.2, -0.15) is 0 Å². The minimum Gasteiger partial charge on any atom is -0.383 e. The van der Waals surface area contributed by atoms with Crippen LogP contribution in [-0.4, -0.2) is 53.2 Å². The van der Waals surface area contributed by atoms with E-state index in [1.54, 1.807) is 11.3 Å². The number of nitrogens with one attached hydrogen (secondary N) is 1. The number of fused-ring (bicyclic) bond motifs is 3. The van der Waals surface area contributed by atoms with E-state index in [-0.39, 0.29) is 5.91 Å². The van der Waals surface area contributed by atoms with E-state index in [2.05, 4.69) is 17.0 Å². The van der Waals surface area contributed by atoms with E-state index in [1.165, 1.54) is 27.1 Å². The van der Waals surface area contributed by atoms with Gasteiger partial charge in [-0.05, 0) is 18.4 Å². The largest absolute Gasteiger partial charge is 0.383 e. The molecule has 2 aromatic rings. The lowest BCUT2D eigenvalue weighted by Crippen LogP contribution is -3.08. The number of anilines is 1. The van der Waals surface area contributed by atoms with E-state index in [9.17, 15) is 4.79 Å². The van der Waals surface area contributed by atoms with Crippen molar-refractivity contribution in [1.29, 1.82) is 0 Å². The molecule has 3 N–H and O–H groups in total. The maximum absolute atomic E-state index is 12.2. The summed E-state index contributed by atoms with van der Waals surface area (Å²) in [5.41, 5.74) is 7.56. The third-order valence-corrected chi connectivity index (χ3v) is 6.75. The molecule has 2 aliphatic rings. The number of hydrogen-bond donors (Lipinski definition) is 2. The fraction of sp³-hybridized carbons (Fsp3) is 0.562. The number of quaternary nitrogens is 1. The van der Waals surface area contributed by atoms with Crippen molar-refractivity contribution in [3.8, 4) is 0 Å². The van der Waals surface area contributed by atoms with Gasteiger partial charge >= 0.3 is 0 Å². The van der Waals surface area contributed by atoms with Crippen LogP contribution in [0.1, 0.15) is 23.3 Å². The second-order valence-corrected chi connectivity index (χ2v) is 8.61. The summed E-state index contributed by atoms with van der Waals surface area (Å²) < 4.78 is 0. The molecule has 2 aromatic heterocycles. The minimum atomic E-state index is 0.176. The average Bonchev–Trinajstić information content (AvgIpc) is 3.19. The van der Waals surface area contributed by atoms with E-state index < -0.39 is 0 Å². The Hall–Kier alpha value is -1.38. The van der Waals surface area contributed by atoms with Crippen LogP contribution >= 0.6 is 23.1 Å². The van der Waals surface area contributed by atoms with Gasteiger partial charge in [-0.1, -0.05) is 11.8 Å². The topological polar surface area (TPSA) is 76.6 Å². The molecule has 0 spiro atoms. The van der Waals surface area contributed by atoms with Crippen molar-refractivity contribution < 1.29 is 9.69 Å². The molecule has 0 bridgehead atoms. The molecule has 1 saturated heterocycles. The highest BCUT2D eigenvalue weighted by Crippen LogP contribution is 2.35. The Kier molecular flexibility index (Phi) is 4.36. The van der Waals surface area contributed by atoms with E-state index in [4.69, 9.17) is 5.73 Å². The summed E-state index contributed by atoms with van der Waals surface area (Å²) in [7, 11) is 2.22. The van der Waals surface area contributed by atoms with Crippen molar-refractivity contribution in [2.45, 2.75) is 31.0 Å². The van der Waals surface area contributed by atoms with Crippen molar-refractivity contribution in [3.63, 3.8) is 0 Å². The molecule has 6 nitrogen and oxygen atoms in total. The van der Waals surface area contributed by atoms with E-state index in [0.717, 1.165) is 55.7 Å². The maximum Gasteiger partial charge on any atom is 0.233 e. The van der Waals surface area contributed by atoms with E-state index >= 15 is 0 Å². The molecule has 0 aromatic carbocycles. The highest BCUT2D eigenvalue weighted by molar-refractivity contribution is 7.99. The third kappa shape index (κ3) is 2.98. The molecule has 4 heterocycles. The highest BCUT2D eigenvalue weighted by Gasteiger charge is 2.25. The maximum atomic E-state index is 12.2.